The van der Waals surface area contributed by atoms with Crippen LogP contribution in [0.2, 0.25) is 0 Å². The molecule has 0 saturated heterocycles. The van der Waals surface area contributed by atoms with Gasteiger partial charge in [-0.1, -0.05) is 59.9 Å². The Labute approximate surface area is 199 Å². The molecule has 3 heterocycles. The van der Waals surface area contributed by atoms with E-state index in [1.165, 1.54) is 11.3 Å². The van der Waals surface area contributed by atoms with Crippen molar-refractivity contribution in [3.8, 4) is 11.5 Å². The average Bonchev–Trinajstić information content (AvgIpc) is 3.42. The molecule has 5 rings (SSSR count). The smallest absolute Gasteiger partial charge is 0.338 e. The lowest BCUT2D eigenvalue weighted by atomic mass is 10.0. The molecule has 0 unspecified atom stereocenters. The lowest BCUT2D eigenvalue weighted by Crippen LogP contribution is -2.38. The summed E-state index contributed by atoms with van der Waals surface area (Å²) in [5.41, 5.74) is 2.45. The highest BCUT2D eigenvalue weighted by molar-refractivity contribution is 7.07. The first-order valence-electron chi connectivity index (χ1n) is 10.9. The van der Waals surface area contributed by atoms with Crippen LogP contribution >= 0.6 is 11.3 Å². The fourth-order valence-electron chi connectivity index (χ4n) is 3.94. The van der Waals surface area contributed by atoms with Gasteiger partial charge in [0.1, 0.15) is 0 Å². The summed E-state index contributed by atoms with van der Waals surface area (Å²) in [7, 11) is 0. The van der Waals surface area contributed by atoms with Crippen LogP contribution in [-0.4, -0.2) is 23.9 Å². The summed E-state index contributed by atoms with van der Waals surface area (Å²) in [6, 6.07) is 14.6. The summed E-state index contributed by atoms with van der Waals surface area (Å²) in [6.07, 6.45) is 5.55. The van der Waals surface area contributed by atoms with Gasteiger partial charge >= 0.3 is 5.97 Å². The highest BCUT2D eigenvalue weighted by Crippen LogP contribution is 2.32. The maximum atomic E-state index is 13.5. The van der Waals surface area contributed by atoms with E-state index < -0.39 is 12.0 Å². The zero-order valence-corrected chi connectivity index (χ0v) is 19.5. The lowest BCUT2D eigenvalue weighted by Gasteiger charge is -2.21. The Morgan fingerprint density at radius 2 is 1.97 bits per heavy atom. The second-order valence-electron chi connectivity index (χ2n) is 7.73. The topological polar surface area (TPSA) is 79.1 Å². The Kier molecular flexibility index (Phi) is 5.90. The maximum absolute atomic E-state index is 13.5. The van der Waals surface area contributed by atoms with Crippen LogP contribution in [-0.2, 0) is 9.53 Å². The Bertz CT molecular complexity index is 1500. The number of ether oxygens (including phenoxy) is 3. The molecule has 0 fully saturated rings. The van der Waals surface area contributed by atoms with Crippen molar-refractivity contribution in [3.05, 3.63) is 96.7 Å². The van der Waals surface area contributed by atoms with Gasteiger partial charge < -0.3 is 14.2 Å². The standard InChI is InChI=1S/C26H22N2O5S/c1-3-31-25(30)23-16(2)27-26-28(19(23)11-9-17-7-5-4-6-8-17)24(29)22(34-26)14-18-10-12-20-21(13-18)33-15-32-20/h4-14,19H,3,15H2,1-2H3/b11-9+,22-14+/t19-/m0/s1. The lowest BCUT2D eigenvalue weighted by molar-refractivity contribution is -0.139. The molecule has 7 nitrogen and oxygen atoms in total. The zero-order chi connectivity index (χ0) is 23.7. The molecule has 0 bridgehead atoms. The molecule has 3 aromatic rings. The van der Waals surface area contributed by atoms with Gasteiger partial charge in [-0.05, 0) is 43.2 Å². The van der Waals surface area contributed by atoms with Crippen molar-refractivity contribution in [1.82, 2.24) is 4.57 Å². The molecule has 0 spiro atoms. The largest absolute Gasteiger partial charge is 0.463 e. The minimum absolute atomic E-state index is 0.185. The molecule has 0 saturated carbocycles. The van der Waals surface area contributed by atoms with Crippen LogP contribution in [0.5, 0.6) is 11.5 Å². The maximum Gasteiger partial charge on any atom is 0.338 e. The van der Waals surface area contributed by atoms with Crippen LogP contribution in [0.4, 0.5) is 0 Å². The fourth-order valence-corrected chi connectivity index (χ4v) is 4.99. The molecule has 0 amide bonds. The van der Waals surface area contributed by atoms with E-state index in [9.17, 15) is 9.59 Å². The Morgan fingerprint density at radius 1 is 1.18 bits per heavy atom. The van der Waals surface area contributed by atoms with E-state index in [4.69, 9.17) is 14.2 Å². The number of nitrogens with zero attached hydrogens (tertiary/aromatic N) is 2. The first kappa shape index (κ1) is 21.9. The molecule has 2 aromatic carbocycles. The van der Waals surface area contributed by atoms with Crippen molar-refractivity contribution in [2.24, 2.45) is 4.99 Å². The van der Waals surface area contributed by atoms with E-state index >= 15 is 0 Å². The van der Waals surface area contributed by atoms with Crippen molar-refractivity contribution in [2.75, 3.05) is 13.4 Å². The number of benzene rings is 2. The number of fused-ring (bicyclic) bond motifs is 2. The molecule has 0 aliphatic carbocycles. The Morgan fingerprint density at radius 3 is 2.76 bits per heavy atom. The third-order valence-electron chi connectivity index (χ3n) is 5.52. The van der Waals surface area contributed by atoms with Gasteiger partial charge in [0.25, 0.3) is 5.56 Å². The molecule has 1 aromatic heterocycles. The van der Waals surface area contributed by atoms with Gasteiger partial charge in [-0.25, -0.2) is 9.79 Å². The molecule has 172 valence electrons. The summed E-state index contributed by atoms with van der Waals surface area (Å²) in [4.78, 5) is 31.5. The van der Waals surface area contributed by atoms with Gasteiger partial charge in [0.15, 0.2) is 16.3 Å². The molecule has 0 N–H and O–H groups in total. The van der Waals surface area contributed by atoms with Gasteiger partial charge in [-0.2, -0.15) is 0 Å². The summed E-state index contributed by atoms with van der Waals surface area (Å²) in [5, 5.41) is 0. The minimum Gasteiger partial charge on any atom is -0.463 e. The summed E-state index contributed by atoms with van der Waals surface area (Å²) in [5.74, 6) is 0.849. The molecular weight excluding hydrogens is 452 g/mol. The second-order valence-corrected chi connectivity index (χ2v) is 8.74. The van der Waals surface area contributed by atoms with Crippen molar-refractivity contribution in [3.63, 3.8) is 0 Å². The van der Waals surface area contributed by atoms with E-state index in [2.05, 4.69) is 4.99 Å². The van der Waals surface area contributed by atoms with Gasteiger partial charge in [-0.15, -0.1) is 0 Å². The number of carbonyl (C=O) groups excluding carboxylic acids is 1. The van der Waals surface area contributed by atoms with E-state index in [-0.39, 0.29) is 19.0 Å². The third kappa shape index (κ3) is 4.08. The number of carbonyl (C=O) groups is 1. The predicted molar refractivity (Wildman–Crippen MR) is 129 cm³/mol. The number of hydrogen-bond acceptors (Lipinski definition) is 7. The number of esters is 1. The predicted octanol–water partition coefficient (Wildman–Crippen LogP) is 3.19. The summed E-state index contributed by atoms with van der Waals surface area (Å²) >= 11 is 1.28. The van der Waals surface area contributed by atoms with Crippen molar-refractivity contribution in [2.45, 2.75) is 19.9 Å². The summed E-state index contributed by atoms with van der Waals surface area (Å²) < 4.78 is 18.2. The van der Waals surface area contributed by atoms with Gasteiger partial charge in [-0.3, -0.25) is 9.36 Å². The van der Waals surface area contributed by atoms with E-state index in [0.29, 0.717) is 32.1 Å². The molecule has 34 heavy (non-hydrogen) atoms. The quantitative estimate of drug-likeness (QED) is 0.531. The van der Waals surface area contributed by atoms with Crippen LogP contribution in [0, 0.1) is 0 Å². The van der Waals surface area contributed by atoms with Crippen LogP contribution in [0.15, 0.2) is 75.7 Å². The normalized spacial score (nSPS) is 17.1. The number of hydrogen-bond donors (Lipinski definition) is 0. The van der Waals surface area contributed by atoms with Crippen LogP contribution in [0.3, 0.4) is 0 Å². The zero-order valence-electron chi connectivity index (χ0n) is 18.7. The van der Waals surface area contributed by atoms with Gasteiger partial charge in [0.05, 0.1) is 28.5 Å². The number of rotatable bonds is 5. The Balaban J connectivity index is 1.63. The third-order valence-corrected chi connectivity index (χ3v) is 6.51. The first-order chi connectivity index (χ1) is 16.5. The van der Waals surface area contributed by atoms with E-state index in [1.54, 1.807) is 24.5 Å². The molecule has 1 atom stereocenters. The number of aromatic nitrogens is 1. The van der Waals surface area contributed by atoms with Crippen LogP contribution < -0.4 is 24.4 Å². The van der Waals surface area contributed by atoms with Crippen LogP contribution in [0.1, 0.15) is 31.0 Å². The highest BCUT2D eigenvalue weighted by Gasteiger charge is 2.30. The SMILES string of the molecule is CCOC(=O)C1=C(C)N=c2s/c(=C/c3ccc4c(c3)OCO4)c(=O)n2[C@H]1/C=C/c1ccccc1. The second kappa shape index (κ2) is 9.15. The fraction of sp³-hybridized carbons (Fsp3) is 0.192. The van der Waals surface area contributed by atoms with Crippen LogP contribution in [0.25, 0.3) is 12.2 Å². The van der Waals surface area contributed by atoms with Crippen molar-refractivity contribution in [1.29, 1.82) is 0 Å². The molecular formula is C26H22N2O5S. The summed E-state index contributed by atoms with van der Waals surface area (Å²) in [6.45, 7) is 3.94. The molecule has 0 radical (unpaired) electrons. The van der Waals surface area contributed by atoms with Crippen molar-refractivity contribution < 1.29 is 19.0 Å². The van der Waals surface area contributed by atoms with E-state index in [1.807, 2.05) is 60.7 Å². The van der Waals surface area contributed by atoms with Crippen molar-refractivity contribution >= 4 is 29.5 Å². The molecule has 8 heteroatoms. The minimum atomic E-state index is -0.630. The Hall–Kier alpha value is -3.91. The first-order valence-corrected chi connectivity index (χ1v) is 11.7. The molecule has 2 aliphatic heterocycles. The van der Waals surface area contributed by atoms with Gasteiger partial charge in [0, 0.05) is 0 Å². The molecule has 2 aliphatic rings. The highest BCUT2D eigenvalue weighted by atomic mass is 32.1. The van der Waals surface area contributed by atoms with E-state index in [0.717, 1.165) is 11.1 Å². The average molecular weight is 475 g/mol. The number of allylic oxidation sites excluding steroid dienone is 2. The number of thiazole rings is 1. The monoisotopic (exact) mass is 474 g/mol. The van der Waals surface area contributed by atoms with Gasteiger partial charge in [0.2, 0.25) is 6.79 Å².